The molecule has 1 aromatic carbocycles. The van der Waals surface area contributed by atoms with E-state index in [0.717, 1.165) is 29.9 Å². The first-order valence-corrected chi connectivity index (χ1v) is 7.65. The summed E-state index contributed by atoms with van der Waals surface area (Å²) in [6.07, 6.45) is 5.88. The van der Waals surface area contributed by atoms with Crippen LogP contribution >= 0.6 is 0 Å². The Balaban J connectivity index is 2.06. The van der Waals surface area contributed by atoms with Crippen LogP contribution < -0.4 is 11.1 Å². The molecule has 0 radical (unpaired) electrons. The quantitative estimate of drug-likeness (QED) is 0.639. The van der Waals surface area contributed by atoms with Crippen molar-refractivity contribution in [2.75, 3.05) is 5.73 Å². The molecule has 110 valence electrons. The van der Waals surface area contributed by atoms with Crippen molar-refractivity contribution in [3.63, 3.8) is 0 Å². The number of aryl methyl sites for hydroxylation is 2. The van der Waals surface area contributed by atoms with Crippen LogP contribution in [-0.4, -0.2) is 11.9 Å². The number of amides is 1. The van der Waals surface area contributed by atoms with Crippen molar-refractivity contribution in [3.05, 3.63) is 28.8 Å². The fourth-order valence-electron chi connectivity index (χ4n) is 3.01. The zero-order chi connectivity index (χ0) is 14.7. The highest BCUT2D eigenvalue weighted by Crippen LogP contribution is 2.23. The molecule has 20 heavy (non-hydrogen) atoms. The van der Waals surface area contributed by atoms with Crippen molar-refractivity contribution in [1.29, 1.82) is 0 Å². The molecular weight excluding hydrogens is 248 g/mol. The van der Waals surface area contributed by atoms with Crippen molar-refractivity contribution < 1.29 is 4.79 Å². The molecule has 1 saturated carbocycles. The van der Waals surface area contributed by atoms with E-state index < -0.39 is 0 Å². The summed E-state index contributed by atoms with van der Waals surface area (Å²) in [5, 5.41) is 3.19. The molecule has 0 bridgehead atoms. The molecule has 0 aliphatic heterocycles. The van der Waals surface area contributed by atoms with E-state index in [1.807, 2.05) is 19.9 Å². The summed E-state index contributed by atoms with van der Waals surface area (Å²) in [4.78, 5) is 12.4. The summed E-state index contributed by atoms with van der Waals surface area (Å²) in [6.45, 7) is 6.24. The van der Waals surface area contributed by atoms with E-state index in [0.29, 0.717) is 17.3 Å². The molecule has 2 atom stereocenters. The summed E-state index contributed by atoms with van der Waals surface area (Å²) >= 11 is 0. The van der Waals surface area contributed by atoms with Crippen molar-refractivity contribution >= 4 is 11.6 Å². The van der Waals surface area contributed by atoms with Gasteiger partial charge in [0.15, 0.2) is 0 Å². The lowest BCUT2D eigenvalue weighted by molar-refractivity contribution is 0.0932. The van der Waals surface area contributed by atoms with E-state index in [4.69, 9.17) is 5.73 Å². The first-order valence-electron chi connectivity index (χ1n) is 7.65. The van der Waals surface area contributed by atoms with Gasteiger partial charge in [-0.05, 0) is 56.2 Å². The second-order valence-corrected chi connectivity index (χ2v) is 6.31. The van der Waals surface area contributed by atoms with Gasteiger partial charge in [-0.2, -0.15) is 0 Å². The third kappa shape index (κ3) is 3.53. The van der Waals surface area contributed by atoms with Gasteiger partial charge in [-0.25, -0.2) is 0 Å². The Morgan fingerprint density at radius 3 is 2.65 bits per heavy atom. The highest BCUT2D eigenvalue weighted by molar-refractivity contribution is 5.96. The summed E-state index contributed by atoms with van der Waals surface area (Å²) < 4.78 is 0. The van der Waals surface area contributed by atoms with Crippen molar-refractivity contribution in [2.45, 2.75) is 58.9 Å². The molecule has 3 heteroatoms. The van der Waals surface area contributed by atoms with Gasteiger partial charge >= 0.3 is 0 Å². The third-order valence-electron chi connectivity index (χ3n) is 4.45. The van der Waals surface area contributed by atoms with Crippen LogP contribution in [0.5, 0.6) is 0 Å². The van der Waals surface area contributed by atoms with Crippen LogP contribution in [0.2, 0.25) is 0 Å². The molecule has 1 aliphatic carbocycles. The largest absolute Gasteiger partial charge is 0.398 e. The number of nitrogens with two attached hydrogens (primary N) is 1. The minimum absolute atomic E-state index is 0.0220. The number of nitrogen functional groups attached to an aromatic ring is 1. The minimum atomic E-state index is 0.0220. The molecule has 2 rings (SSSR count). The van der Waals surface area contributed by atoms with Gasteiger partial charge < -0.3 is 11.1 Å². The number of hydrogen-bond donors (Lipinski definition) is 2. The zero-order valence-corrected chi connectivity index (χ0v) is 12.8. The highest BCUT2D eigenvalue weighted by Gasteiger charge is 2.19. The van der Waals surface area contributed by atoms with Crippen LogP contribution in [0.25, 0.3) is 0 Å². The number of rotatable bonds is 2. The smallest absolute Gasteiger partial charge is 0.251 e. The minimum Gasteiger partial charge on any atom is -0.398 e. The Morgan fingerprint density at radius 2 is 1.90 bits per heavy atom. The lowest BCUT2D eigenvalue weighted by Gasteiger charge is -2.18. The van der Waals surface area contributed by atoms with Gasteiger partial charge in [0.2, 0.25) is 0 Å². The lowest BCUT2D eigenvalue weighted by Crippen LogP contribution is -2.34. The molecule has 2 unspecified atom stereocenters. The van der Waals surface area contributed by atoms with E-state index >= 15 is 0 Å². The standard InChI is InChI=1S/C17H26N2O/c1-11-5-4-6-14(8-7-11)19-17(20)15-10-16(18)13(3)9-12(15)2/h9-11,14H,4-8,18H2,1-3H3,(H,19,20). The van der Waals surface area contributed by atoms with Gasteiger partial charge in [-0.15, -0.1) is 0 Å². The first-order chi connectivity index (χ1) is 9.47. The predicted octanol–water partition coefficient (Wildman–Crippen LogP) is 3.58. The van der Waals surface area contributed by atoms with Gasteiger partial charge in [0, 0.05) is 17.3 Å². The topological polar surface area (TPSA) is 55.1 Å². The highest BCUT2D eigenvalue weighted by atomic mass is 16.1. The van der Waals surface area contributed by atoms with Crippen LogP contribution in [-0.2, 0) is 0 Å². The maximum Gasteiger partial charge on any atom is 0.251 e. The summed E-state index contributed by atoms with van der Waals surface area (Å²) in [5.41, 5.74) is 9.35. The predicted molar refractivity (Wildman–Crippen MR) is 83.8 cm³/mol. The van der Waals surface area contributed by atoms with E-state index in [1.54, 1.807) is 6.07 Å². The average molecular weight is 274 g/mol. The first kappa shape index (κ1) is 14.9. The number of hydrogen-bond acceptors (Lipinski definition) is 2. The zero-order valence-electron chi connectivity index (χ0n) is 12.8. The van der Waals surface area contributed by atoms with Crippen LogP contribution in [0, 0.1) is 19.8 Å². The van der Waals surface area contributed by atoms with Crippen LogP contribution in [0.1, 0.15) is 60.5 Å². The van der Waals surface area contributed by atoms with Gasteiger partial charge in [-0.1, -0.05) is 25.8 Å². The van der Waals surface area contributed by atoms with E-state index in [-0.39, 0.29) is 5.91 Å². The molecule has 3 nitrogen and oxygen atoms in total. The van der Waals surface area contributed by atoms with Crippen LogP contribution in [0.15, 0.2) is 12.1 Å². The molecule has 0 aromatic heterocycles. The molecule has 1 fully saturated rings. The normalized spacial score (nSPS) is 23.1. The Kier molecular flexibility index (Phi) is 4.69. The van der Waals surface area contributed by atoms with Crippen molar-refractivity contribution in [1.82, 2.24) is 5.32 Å². The Bertz CT molecular complexity index is 496. The maximum atomic E-state index is 12.4. The molecule has 1 aromatic rings. The Labute approximate surface area is 121 Å². The SMILES string of the molecule is Cc1cc(C)c(C(=O)NC2CCCC(C)CC2)cc1N. The molecular formula is C17H26N2O. The number of carbonyl (C=O) groups is 1. The average Bonchev–Trinajstić information content (AvgIpc) is 2.59. The molecule has 0 heterocycles. The molecule has 0 spiro atoms. The van der Waals surface area contributed by atoms with Crippen molar-refractivity contribution in [2.24, 2.45) is 5.92 Å². The van der Waals surface area contributed by atoms with Gasteiger partial charge in [0.1, 0.15) is 0 Å². The van der Waals surface area contributed by atoms with Gasteiger partial charge in [-0.3, -0.25) is 4.79 Å². The lowest BCUT2D eigenvalue weighted by atomic mass is 10.0. The third-order valence-corrected chi connectivity index (χ3v) is 4.45. The Hall–Kier alpha value is -1.51. The van der Waals surface area contributed by atoms with E-state index in [9.17, 15) is 4.79 Å². The van der Waals surface area contributed by atoms with Crippen LogP contribution in [0.4, 0.5) is 5.69 Å². The maximum absolute atomic E-state index is 12.4. The fraction of sp³-hybridized carbons (Fsp3) is 0.588. The van der Waals surface area contributed by atoms with Crippen LogP contribution in [0.3, 0.4) is 0 Å². The molecule has 0 saturated heterocycles. The monoisotopic (exact) mass is 274 g/mol. The number of anilines is 1. The summed E-state index contributed by atoms with van der Waals surface area (Å²) in [6, 6.07) is 4.10. The molecule has 1 aliphatic rings. The van der Waals surface area contributed by atoms with Gasteiger partial charge in [0.25, 0.3) is 5.91 Å². The van der Waals surface area contributed by atoms with E-state index in [1.165, 1.54) is 19.3 Å². The molecule has 1 amide bonds. The number of benzene rings is 1. The van der Waals surface area contributed by atoms with E-state index in [2.05, 4.69) is 12.2 Å². The second-order valence-electron chi connectivity index (χ2n) is 6.31. The number of nitrogens with one attached hydrogen (secondary N) is 1. The summed E-state index contributed by atoms with van der Waals surface area (Å²) in [7, 11) is 0. The fourth-order valence-corrected chi connectivity index (χ4v) is 3.01. The summed E-state index contributed by atoms with van der Waals surface area (Å²) in [5.74, 6) is 0.808. The second kappa shape index (κ2) is 6.29. The van der Waals surface area contributed by atoms with Crippen molar-refractivity contribution in [3.8, 4) is 0 Å². The Morgan fingerprint density at radius 1 is 1.15 bits per heavy atom. The number of carbonyl (C=O) groups excluding carboxylic acids is 1. The molecule has 3 N–H and O–H groups in total. The van der Waals surface area contributed by atoms with Gasteiger partial charge in [0.05, 0.1) is 0 Å².